The summed E-state index contributed by atoms with van der Waals surface area (Å²) in [5.41, 5.74) is 12.0. The molecular formula is C21H33FN6O5S. The van der Waals surface area contributed by atoms with Crippen molar-refractivity contribution in [1.29, 1.82) is 1.45 Å². The summed E-state index contributed by atoms with van der Waals surface area (Å²) in [5, 5.41) is 5.88. The van der Waals surface area contributed by atoms with Gasteiger partial charge in [-0.25, -0.2) is 8.42 Å². The van der Waals surface area contributed by atoms with Crippen molar-refractivity contribution in [2.24, 2.45) is 16.6 Å². The van der Waals surface area contributed by atoms with Crippen LogP contribution in [0.4, 0.5) is 10.4 Å². The zero-order valence-corrected chi connectivity index (χ0v) is 19.6. The first-order chi connectivity index (χ1) is 15.9. The van der Waals surface area contributed by atoms with Crippen molar-refractivity contribution in [3.63, 3.8) is 0 Å². The quantitative estimate of drug-likeness (QED) is 0.171. The topological polar surface area (TPSA) is 171 Å². The molecule has 1 amide bonds. The van der Waals surface area contributed by atoms with Gasteiger partial charge in [0.2, 0.25) is 11.9 Å². The minimum atomic E-state index is -4.01. The van der Waals surface area contributed by atoms with Gasteiger partial charge in [0.25, 0.3) is 17.0 Å². The van der Waals surface area contributed by atoms with Gasteiger partial charge in [-0.05, 0) is 56.1 Å². The molecule has 2 rings (SSSR count). The number of halogens is 1. The van der Waals surface area contributed by atoms with Crippen LogP contribution in [0.3, 0.4) is 0 Å². The number of aryl methyl sites for hydroxylation is 4. The molecule has 0 bridgehead atoms. The van der Waals surface area contributed by atoms with Crippen LogP contribution in [0.15, 0.2) is 39.1 Å². The van der Waals surface area contributed by atoms with Crippen LogP contribution < -0.4 is 27.1 Å². The molecule has 1 aromatic heterocycles. The maximum atomic E-state index is 13.0. The number of rotatable bonds is 9. The van der Waals surface area contributed by atoms with E-state index in [1.165, 1.54) is 10.6 Å². The molecule has 0 aliphatic heterocycles. The van der Waals surface area contributed by atoms with E-state index in [2.05, 4.69) is 16.6 Å². The highest BCUT2D eigenvalue weighted by Crippen LogP contribution is 2.23. The predicted molar refractivity (Wildman–Crippen MR) is 131 cm³/mol. The molecule has 2 aromatic rings. The zero-order chi connectivity index (χ0) is 26.1. The van der Waals surface area contributed by atoms with Crippen molar-refractivity contribution < 1.29 is 22.8 Å². The molecule has 0 radical (unpaired) electrons. The lowest BCUT2D eigenvalue weighted by Gasteiger charge is -2.16. The van der Waals surface area contributed by atoms with Gasteiger partial charge in [-0.2, -0.15) is 0 Å². The van der Waals surface area contributed by atoms with Crippen LogP contribution in [0, 0.1) is 27.7 Å². The van der Waals surface area contributed by atoms with Crippen LogP contribution in [-0.4, -0.2) is 39.5 Å². The summed E-state index contributed by atoms with van der Waals surface area (Å²) in [6.45, 7) is 6.76. The summed E-state index contributed by atoms with van der Waals surface area (Å²) in [4.78, 5) is 30.0. The number of aromatic nitrogens is 1. The zero-order valence-electron chi connectivity index (χ0n) is 19.8. The minimum absolute atomic E-state index is 0. The number of amides is 1. The van der Waals surface area contributed by atoms with Gasteiger partial charge in [0, 0.05) is 5.69 Å². The fraction of sp³-hybridized carbons (Fsp3) is 0.381. The first-order valence-corrected chi connectivity index (χ1v) is 11.2. The molecule has 0 aliphatic rings. The molecule has 6 N–H and O–H groups in total. The smallest absolute Gasteiger partial charge is 0.275 e. The van der Waals surface area contributed by atoms with Crippen LogP contribution in [0.5, 0.6) is 0 Å². The number of nitrogens with zero attached hydrogens (tertiary/aromatic N) is 2. The maximum Gasteiger partial charge on any atom is 0.275 e. The number of carbonyl (C=O) groups excluding carboxylic acids is 1. The Morgan fingerprint density at radius 1 is 1.18 bits per heavy atom. The van der Waals surface area contributed by atoms with Gasteiger partial charge < -0.3 is 26.2 Å². The molecule has 34 heavy (non-hydrogen) atoms. The number of benzene rings is 1. The summed E-state index contributed by atoms with van der Waals surface area (Å²) in [6, 6.07) is 6.46. The summed E-state index contributed by atoms with van der Waals surface area (Å²) >= 11 is 0. The van der Waals surface area contributed by atoms with Gasteiger partial charge in [0.15, 0.2) is 0 Å². The fourth-order valence-electron chi connectivity index (χ4n) is 3.29. The van der Waals surface area contributed by atoms with Gasteiger partial charge in [-0.3, -0.25) is 19.0 Å². The molecular weight excluding hydrogens is 467 g/mol. The monoisotopic (exact) mass is 502 g/mol. The Bertz CT molecular complexity index is 1190. The third kappa shape index (κ3) is 7.76. The van der Waals surface area contributed by atoms with Crippen molar-refractivity contribution in [3.8, 4) is 0 Å². The molecule has 0 fully saturated rings. The lowest BCUT2D eigenvalue weighted by atomic mass is 10.1. The van der Waals surface area contributed by atoms with Crippen molar-refractivity contribution in [1.82, 2.24) is 9.88 Å². The largest absolute Gasteiger partial charge is 0.391 e. The highest BCUT2D eigenvalue weighted by atomic mass is 32.2. The average Bonchev–Trinajstić information content (AvgIpc) is 2.73. The van der Waals surface area contributed by atoms with Crippen molar-refractivity contribution in [2.75, 3.05) is 17.9 Å². The fourth-order valence-corrected chi connectivity index (χ4v) is 4.80. The lowest BCUT2D eigenvalue weighted by Crippen LogP contribution is -2.36. The van der Waals surface area contributed by atoms with Crippen molar-refractivity contribution in [3.05, 3.63) is 57.0 Å². The lowest BCUT2D eigenvalue weighted by molar-refractivity contribution is -0.122. The van der Waals surface area contributed by atoms with E-state index in [1.54, 1.807) is 39.0 Å². The van der Waals surface area contributed by atoms with Gasteiger partial charge in [0.1, 0.15) is 18.8 Å². The van der Waals surface area contributed by atoms with E-state index in [0.29, 0.717) is 16.8 Å². The summed E-state index contributed by atoms with van der Waals surface area (Å²) in [6.07, 6.45) is 0. The van der Waals surface area contributed by atoms with E-state index < -0.39 is 21.5 Å². The van der Waals surface area contributed by atoms with Gasteiger partial charge in [-0.1, -0.05) is 25.1 Å². The number of nitrogens with one attached hydrogen (secondary N) is 2. The Labute approximate surface area is 200 Å². The Morgan fingerprint density at radius 3 is 2.32 bits per heavy atom. The number of guanidine groups is 1. The van der Waals surface area contributed by atoms with E-state index >= 15 is 0 Å². The molecule has 0 atom stereocenters. The number of anilines is 1. The standard InChI is InChI=1S/C20H28N6O5S.CH4.FH/c1-12-9-13(2)18(14(3)10-12)32(29,30)25-16-6-5-15(4)26(19(16)28)11-17(27)23-7-8-31-24-20(21)22;;/h5-6,9-10,25H,7-8,11H2,1-4H3,(H,23,27)(H4,21,22,24);1H4;1H/i/hT. The molecule has 190 valence electrons. The van der Waals surface area contributed by atoms with Crippen molar-refractivity contribution in [2.45, 2.75) is 46.6 Å². The van der Waals surface area contributed by atoms with Crippen LogP contribution in [0.25, 0.3) is 0 Å². The second kappa shape index (κ2) is 12.6. The molecule has 0 spiro atoms. The number of nitrogens with two attached hydrogens (primary N) is 2. The van der Waals surface area contributed by atoms with Crippen LogP contribution in [-0.2, 0) is 26.2 Å². The summed E-state index contributed by atoms with van der Waals surface area (Å²) < 4.78 is 42.5. The third-order valence-electron chi connectivity index (χ3n) is 4.50. The van der Waals surface area contributed by atoms with Gasteiger partial charge in [0.05, 0.1) is 11.4 Å². The van der Waals surface area contributed by atoms with E-state index in [1.807, 2.05) is 6.92 Å². The SMILES string of the molecule is C.Cc1cc(C)c(S(=O)(=O)Nc2ccc(C)n(CC(=O)NCCON=C(N)N)c2=O)c(C)c1.[3H]F. The van der Waals surface area contributed by atoms with E-state index in [4.69, 9.17) is 21.0 Å². The number of carbonyl (C=O) groups is 1. The van der Waals surface area contributed by atoms with Gasteiger partial charge >= 0.3 is 0 Å². The Hall–Kier alpha value is -3.61. The highest BCUT2D eigenvalue weighted by molar-refractivity contribution is 7.92. The molecule has 0 saturated heterocycles. The molecule has 0 aliphatic carbocycles. The predicted octanol–water partition coefficient (Wildman–Crippen LogP) is 0.993. The van der Waals surface area contributed by atoms with E-state index in [0.717, 1.165) is 5.56 Å². The highest BCUT2D eigenvalue weighted by Gasteiger charge is 2.22. The molecule has 0 unspecified atom stereocenters. The Kier molecular flexibility index (Phi) is 10.5. The number of sulfonamides is 1. The molecule has 13 heteroatoms. The normalized spacial score (nSPS) is 10.6. The second-order valence-electron chi connectivity index (χ2n) is 7.31. The molecule has 1 heterocycles. The van der Waals surface area contributed by atoms with E-state index in [-0.39, 0.29) is 43.7 Å². The van der Waals surface area contributed by atoms with Crippen LogP contribution in [0.1, 0.15) is 29.8 Å². The average molecular weight is 503 g/mol. The second-order valence-corrected chi connectivity index (χ2v) is 8.93. The Morgan fingerprint density at radius 2 is 1.76 bits per heavy atom. The number of oxime groups is 1. The molecule has 1 aromatic carbocycles. The molecule has 0 saturated carbocycles. The van der Waals surface area contributed by atoms with Gasteiger partial charge in [-0.15, -0.1) is 0 Å². The third-order valence-corrected chi connectivity index (χ3v) is 6.17. The summed E-state index contributed by atoms with van der Waals surface area (Å²) in [5.74, 6) is -0.706. The molecule has 11 nitrogen and oxygen atoms in total. The number of pyridine rings is 1. The van der Waals surface area contributed by atoms with Crippen molar-refractivity contribution >= 4 is 27.6 Å². The Balaban J connectivity index is 0.00000375. The first kappa shape index (κ1) is 28.4. The van der Waals surface area contributed by atoms with E-state index in [9.17, 15) is 18.0 Å². The number of hydrogen-bond acceptors (Lipinski definition) is 6. The minimum Gasteiger partial charge on any atom is -0.391 e. The van der Waals surface area contributed by atoms with Crippen LogP contribution >= 0.6 is 0 Å². The maximum absolute atomic E-state index is 13.0. The summed E-state index contributed by atoms with van der Waals surface area (Å²) in [7, 11) is -4.01. The number of hydrogen-bond donors (Lipinski definition) is 4. The first-order valence-electron chi connectivity index (χ1n) is 10.1. The van der Waals surface area contributed by atoms with Crippen LogP contribution in [0.2, 0.25) is 0 Å².